The molecule has 0 aliphatic carbocycles. The second-order valence-corrected chi connectivity index (χ2v) is 4.01. The number of rotatable bonds is 6. The number of amides is 1. The molecule has 16 heavy (non-hydrogen) atoms. The van der Waals surface area contributed by atoms with Crippen molar-refractivity contribution in [1.29, 1.82) is 0 Å². The molecule has 0 bridgehead atoms. The first kappa shape index (κ1) is 12.6. The third kappa shape index (κ3) is 4.39. The molecule has 0 radical (unpaired) electrons. The average Bonchev–Trinajstić information content (AvgIpc) is 2.58. The Morgan fingerprint density at radius 2 is 2.31 bits per heavy atom. The van der Waals surface area contributed by atoms with Gasteiger partial charge in [0.15, 0.2) is 0 Å². The van der Waals surface area contributed by atoms with E-state index < -0.39 is 0 Å². The first-order chi connectivity index (χ1) is 7.59. The monoisotopic (exact) mass is 225 g/mol. The molecule has 1 amide bonds. The van der Waals surface area contributed by atoms with Crippen LogP contribution in [0.15, 0.2) is 6.33 Å². The van der Waals surface area contributed by atoms with Crippen LogP contribution in [-0.4, -0.2) is 33.3 Å². The smallest absolute Gasteiger partial charge is 0.221 e. The van der Waals surface area contributed by atoms with Crippen molar-refractivity contribution in [3.63, 3.8) is 0 Å². The van der Waals surface area contributed by atoms with Crippen LogP contribution in [0.5, 0.6) is 0 Å². The highest BCUT2D eigenvalue weighted by Crippen LogP contribution is 1.90. The van der Waals surface area contributed by atoms with Crippen molar-refractivity contribution in [2.24, 2.45) is 7.05 Å². The first-order valence-corrected chi connectivity index (χ1v) is 5.42. The normalized spacial score (nSPS) is 10.8. The Bertz CT molecular complexity index is 334. The van der Waals surface area contributed by atoms with Gasteiger partial charge in [0.25, 0.3) is 0 Å². The number of aromatic nitrogens is 3. The molecule has 0 saturated carbocycles. The quantitative estimate of drug-likeness (QED) is 0.659. The molecule has 2 N–H and O–H groups in total. The molecule has 6 nitrogen and oxygen atoms in total. The van der Waals surface area contributed by atoms with E-state index in [4.69, 9.17) is 0 Å². The topological polar surface area (TPSA) is 71.8 Å². The summed E-state index contributed by atoms with van der Waals surface area (Å²) < 4.78 is 1.85. The highest BCUT2D eigenvalue weighted by atomic mass is 16.1. The number of carbonyl (C=O) groups is 1. The highest BCUT2D eigenvalue weighted by Gasteiger charge is 2.03. The van der Waals surface area contributed by atoms with Crippen LogP contribution in [0.1, 0.15) is 26.1 Å². The van der Waals surface area contributed by atoms with E-state index in [1.807, 2.05) is 25.5 Å². The van der Waals surface area contributed by atoms with Crippen molar-refractivity contribution in [2.45, 2.75) is 32.9 Å². The molecule has 0 atom stereocenters. The van der Waals surface area contributed by atoms with Gasteiger partial charge in [-0.3, -0.25) is 4.79 Å². The Kier molecular flexibility index (Phi) is 4.91. The van der Waals surface area contributed by atoms with Crippen LogP contribution in [-0.2, 0) is 18.4 Å². The van der Waals surface area contributed by atoms with E-state index in [2.05, 4.69) is 20.8 Å². The van der Waals surface area contributed by atoms with Crippen LogP contribution < -0.4 is 10.6 Å². The number of hydrogen-bond donors (Lipinski definition) is 2. The Balaban J connectivity index is 2.13. The third-order valence-corrected chi connectivity index (χ3v) is 2.07. The van der Waals surface area contributed by atoms with Gasteiger partial charge in [0, 0.05) is 26.1 Å². The van der Waals surface area contributed by atoms with E-state index in [9.17, 15) is 4.79 Å². The Morgan fingerprint density at radius 1 is 1.56 bits per heavy atom. The fraction of sp³-hybridized carbons (Fsp3) is 0.700. The van der Waals surface area contributed by atoms with Gasteiger partial charge in [0.1, 0.15) is 12.2 Å². The number of carbonyl (C=O) groups excluding carboxylic acids is 1. The van der Waals surface area contributed by atoms with Crippen molar-refractivity contribution in [2.75, 3.05) is 6.54 Å². The van der Waals surface area contributed by atoms with Gasteiger partial charge in [-0.25, -0.2) is 0 Å². The van der Waals surface area contributed by atoms with Crippen LogP contribution >= 0.6 is 0 Å². The maximum atomic E-state index is 11.3. The average molecular weight is 225 g/mol. The van der Waals surface area contributed by atoms with Crippen molar-refractivity contribution in [3.8, 4) is 0 Å². The molecule has 1 aromatic heterocycles. The lowest BCUT2D eigenvalue weighted by molar-refractivity contribution is -0.121. The zero-order valence-electron chi connectivity index (χ0n) is 10.0. The molecule has 90 valence electrons. The van der Waals surface area contributed by atoms with Crippen molar-refractivity contribution in [3.05, 3.63) is 12.2 Å². The second-order valence-electron chi connectivity index (χ2n) is 4.01. The maximum absolute atomic E-state index is 11.3. The highest BCUT2D eigenvalue weighted by molar-refractivity contribution is 5.76. The molecule has 0 aliphatic heterocycles. The zero-order chi connectivity index (χ0) is 12.0. The summed E-state index contributed by atoms with van der Waals surface area (Å²) >= 11 is 0. The summed E-state index contributed by atoms with van der Waals surface area (Å²) in [5.41, 5.74) is 0. The predicted molar refractivity (Wildman–Crippen MR) is 60.6 cm³/mol. The Morgan fingerprint density at radius 3 is 2.88 bits per heavy atom. The van der Waals surface area contributed by atoms with E-state index >= 15 is 0 Å². The summed E-state index contributed by atoms with van der Waals surface area (Å²) in [6.07, 6.45) is 2.14. The molecule has 1 aromatic rings. The molecule has 0 aliphatic rings. The van der Waals surface area contributed by atoms with Gasteiger partial charge in [-0.15, -0.1) is 10.2 Å². The van der Waals surface area contributed by atoms with Crippen molar-refractivity contribution in [1.82, 2.24) is 25.4 Å². The van der Waals surface area contributed by atoms with E-state index in [0.717, 1.165) is 5.82 Å². The van der Waals surface area contributed by atoms with Gasteiger partial charge < -0.3 is 15.2 Å². The lowest BCUT2D eigenvalue weighted by atomic mass is 10.3. The summed E-state index contributed by atoms with van der Waals surface area (Å²) in [6.45, 7) is 5.17. The fourth-order valence-corrected chi connectivity index (χ4v) is 1.26. The summed E-state index contributed by atoms with van der Waals surface area (Å²) in [4.78, 5) is 11.3. The van der Waals surface area contributed by atoms with E-state index in [1.54, 1.807) is 6.33 Å². The molecule has 1 rings (SSSR count). The van der Waals surface area contributed by atoms with Gasteiger partial charge in [-0.2, -0.15) is 0 Å². The van der Waals surface area contributed by atoms with Crippen LogP contribution in [0, 0.1) is 0 Å². The van der Waals surface area contributed by atoms with Crippen LogP contribution in [0.25, 0.3) is 0 Å². The van der Waals surface area contributed by atoms with Crippen LogP contribution in [0.2, 0.25) is 0 Å². The summed E-state index contributed by atoms with van der Waals surface area (Å²) in [5.74, 6) is 0.935. The number of aryl methyl sites for hydroxylation is 1. The fourth-order valence-electron chi connectivity index (χ4n) is 1.26. The molecule has 0 aromatic carbocycles. The Hall–Kier alpha value is -1.43. The molecule has 1 heterocycles. The SMILES string of the molecule is CC(C)NC(=O)CCNCc1nncn1C. The van der Waals surface area contributed by atoms with Crippen molar-refractivity contribution < 1.29 is 4.79 Å². The molecule has 0 saturated heterocycles. The number of nitrogens with one attached hydrogen (secondary N) is 2. The molecular weight excluding hydrogens is 206 g/mol. The minimum atomic E-state index is 0.0699. The summed E-state index contributed by atoms with van der Waals surface area (Å²) in [7, 11) is 1.89. The minimum absolute atomic E-state index is 0.0699. The predicted octanol–water partition coefficient (Wildman–Crippen LogP) is -0.181. The number of nitrogens with zero attached hydrogens (tertiary/aromatic N) is 3. The summed E-state index contributed by atoms with van der Waals surface area (Å²) in [6, 6.07) is 0.200. The molecular formula is C10H19N5O. The lowest BCUT2D eigenvalue weighted by Gasteiger charge is -2.08. The van der Waals surface area contributed by atoms with E-state index in [-0.39, 0.29) is 11.9 Å². The second kappa shape index (κ2) is 6.22. The zero-order valence-corrected chi connectivity index (χ0v) is 10.0. The molecule has 0 spiro atoms. The van der Waals surface area contributed by atoms with Crippen molar-refractivity contribution >= 4 is 5.91 Å². The van der Waals surface area contributed by atoms with Gasteiger partial charge in [0.05, 0.1) is 6.54 Å². The third-order valence-electron chi connectivity index (χ3n) is 2.07. The Labute approximate surface area is 95.4 Å². The largest absolute Gasteiger partial charge is 0.354 e. The van der Waals surface area contributed by atoms with Crippen LogP contribution in [0.4, 0.5) is 0 Å². The maximum Gasteiger partial charge on any atom is 0.221 e. The molecule has 6 heteroatoms. The molecule has 0 fully saturated rings. The lowest BCUT2D eigenvalue weighted by Crippen LogP contribution is -2.32. The first-order valence-electron chi connectivity index (χ1n) is 5.42. The van der Waals surface area contributed by atoms with Gasteiger partial charge in [-0.1, -0.05) is 0 Å². The van der Waals surface area contributed by atoms with Gasteiger partial charge in [-0.05, 0) is 13.8 Å². The molecule has 0 unspecified atom stereocenters. The van der Waals surface area contributed by atoms with Gasteiger partial charge in [0.2, 0.25) is 5.91 Å². The van der Waals surface area contributed by atoms with E-state index in [0.29, 0.717) is 19.5 Å². The van der Waals surface area contributed by atoms with E-state index in [1.165, 1.54) is 0 Å². The standard InChI is InChI=1S/C10H19N5O/c1-8(2)13-10(16)4-5-11-6-9-14-12-7-15(9)3/h7-8,11H,4-6H2,1-3H3,(H,13,16). The van der Waals surface area contributed by atoms with Crippen LogP contribution in [0.3, 0.4) is 0 Å². The summed E-state index contributed by atoms with van der Waals surface area (Å²) in [5, 5.41) is 13.7. The minimum Gasteiger partial charge on any atom is -0.354 e. The number of hydrogen-bond acceptors (Lipinski definition) is 4. The van der Waals surface area contributed by atoms with Gasteiger partial charge >= 0.3 is 0 Å².